The summed E-state index contributed by atoms with van der Waals surface area (Å²) in [5.41, 5.74) is 14.9. The highest BCUT2D eigenvalue weighted by Crippen LogP contribution is 2.54. The van der Waals surface area contributed by atoms with E-state index in [1.165, 1.54) is 38.6 Å². The van der Waals surface area contributed by atoms with Crippen molar-refractivity contribution >= 4 is 32.3 Å². The van der Waals surface area contributed by atoms with E-state index in [9.17, 15) is 5.26 Å². The molecule has 1 aromatic heterocycles. The summed E-state index contributed by atoms with van der Waals surface area (Å²) in [5.74, 6) is 0.689. The number of hydrogen-bond donors (Lipinski definition) is 0. The number of rotatable bonds is 5. The van der Waals surface area contributed by atoms with Crippen LogP contribution in [0.3, 0.4) is 0 Å². The summed E-state index contributed by atoms with van der Waals surface area (Å²) in [6.45, 7) is 0. The zero-order valence-corrected chi connectivity index (χ0v) is 30.2. The SMILES string of the molecule is N#Cc1cccc(-c2ccc3c4c(ccc(-c5c6ccccc6c(-c6nc(-c7ccccc7)cc(-c7ccccc7)n6)c6ccccc56)c24)-c2ccccc2-3)c1. The number of nitrogens with zero attached hydrogens (tertiary/aromatic N) is 3. The topological polar surface area (TPSA) is 49.6 Å². The van der Waals surface area contributed by atoms with Crippen molar-refractivity contribution < 1.29 is 0 Å². The summed E-state index contributed by atoms with van der Waals surface area (Å²) in [4.78, 5) is 10.7. The van der Waals surface area contributed by atoms with E-state index in [0.717, 1.165) is 66.3 Å². The number of hydrogen-bond acceptors (Lipinski definition) is 3. The fourth-order valence-electron chi connectivity index (χ4n) is 8.83. The highest BCUT2D eigenvalue weighted by atomic mass is 14.9. The third kappa shape index (κ3) is 4.90. The third-order valence-corrected chi connectivity index (χ3v) is 11.3. The van der Waals surface area contributed by atoms with Crippen LogP contribution in [0.25, 0.3) is 111 Å². The Bertz CT molecular complexity index is 3110. The summed E-state index contributed by atoms with van der Waals surface area (Å²) < 4.78 is 0. The van der Waals surface area contributed by atoms with Gasteiger partial charge < -0.3 is 0 Å². The molecular formula is C53H31N3. The summed E-state index contributed by atoms with van der Waals surface area (Å²) >= 11 is 0. The van der Waals surface area contributed by atoms with Crippen LogP contribution in [0.4, 0.5) is 0 Å². The lowest BCUT2D eigenvalue weighted by Gasteiger charge is -2.20. The summed E-state index contributed by atoms with van der Waals surface area (Å²) in [5, 5.41) is 16.8. The average Bonchev–Trinajstić information content (AvgIpc) is 3.60. The largest absolute Gasteiger partial charge is 0.228 e. The highest BCUT2D eigenvalue weighted by Gasteiger charge is 2.27. The van der Waals surface area contributed by atoms with Crippen LogP contribution in [0.5, 0.6) is 0 Å². The normalized spacial score (nSPS) is 11.6. The minimum absolute atomic E-state index is 0.642. The van der Waals surface area contributed by atoms with Crippen molar-refractivity contribution in [2.75, 3.05) is 0 Å². The molecule has 56 heavy (non-hydrogen) atoms. The van der Waals surface area contributed by atoms with E-state index >= 15 is 0 Å². The Morgan fingerprint density at radius 2 is 0.786 bits per heavy atom. The first-order valence-corrected chi connectivity index (χ1v) is 18.9. The molecule has 0 N–H and O–H groups in total. The van der Waals surface area contributed by atoms with Crippen LogP contribution in [0, 0.1) is 11.3 Å². The maximum Gasteiger partial charge on any atom is 0.161 e. The van der Waals surface area contributed by atoms with E-state index in [-0.39, 0.29) is 0 Å². The molecule has 3 heteroatoms. The number of nitriles is 1. The van der Waals surface area contributed by atoms with Crippen LogP contribution in [0.2, 0.25) is 0 Å². The Morgan fingerprint density at radius 3 is 1.34 bits per heavy atom. The van der Waals surface area contributed by atoms with Gasteiger partial charge in [0.2, 0.25) is 0 Å². The molecule has 0 atom stereocenters. The molecule has 0 bridgehead atoms. The molecule has 0 radical (unpaired) electrons. The van der Waals surface area contributed by atoms with Gasteiger partial charge in [-0.1, -0.05) is 170 Å². The Hall–Kier alpha value is -7.67. The van der Waals surface area contributed by atoms with Crippen LogP contribution in [0.15, 0.2) is 188 Å². The minimum Gasteiger partial charge on any atom is -0.228 e. The Morgan fingerprint density at radius 1 is 0.339 bits per heavy atom. The molecule has 0 amide bonds. The average molecular weight is 710 g/mol. The maximum atomic E-state index is 9.93. The first kappa shape index (κ1) is 31.8. The molecule has 0 saturated carbocycles. The fourth-order valence-corrected chi connectivity index (χ4v) is 8.83. The van der Waals surface area contributed by atoms with Crippen LogP contribution >= 0.6 is 0 Å². The molecule has 1 heterocycles. The third-order valence-electron chi connectivity index (χ3n) is 11.3. The van der Waals surface area contributed by atoms with Crippen LogP contribution in [-0.2, 0) is 0 Å². The molecule has 258 valence electrons. The van der Waals surface area contributed by atoms with Gasteiger partial charge >= 0.3 is 0 Å². The summed E-state index contributed by atoms with van der Waals surface area (Å²) in [6.07, 6.45) is 0. The zero-order chi connectivity index (χ0) is 37.2. The molecule has 1 aliphatic rings. The first-order valence-electron chi connectivity index (χ1n) is 18.9. The highest BCUT2D eigenvalue weighted by molar-refractivity contribution is 6.28. The second kappa shape index (κ2) is 12.7. The monoisotopic (exact) mass is 709 g/mol. The van der Waals surface area contributed by atoms with Crippen molar-refractivity contribution in [3.63, 3.8) is 0 Å². The fraction of sp³-hybridized carbons (Fsp3) is 0. The van der Waals surface area contributed by atoms with Gasteiger partial charge in [-0.05, 0) is 95.0 Å². The summed E-state index contributed by atoms with van der Waals surface area (Å²) in [7, 11) is 0. The second-order valence-electron chi connectivity index (χ2n) is 14.3. The van der Waals surface area contributed by atoms with Crippen molar-refractivity contribution in [1.29, 1.82) is 5.26 Å². The van der Waals surface area contributed by atoms with Crippen LogP contribution in [0.1, 0.15) is 5.56 Å². The molecule has 0 fully saturated rings. The van der Waals surface area contributed by atoms with E-state index in [0.29, 0.717) is 11.4 Å². The molecule has 0 saturated heterocycles. The van der Waals surface area contributed by atoms with Crippen LogP contribution in [-0.4, -0.2) is 9.97 Å². The number of aromatic nitrogens is 2. The first-order chi connectivity index (χ1) is 27.7. The Labute approximate surface area is 324 Å². The zero-order valence-electron chi connectivity index (χ0n) is 30.2. The summed E-state index contributed by atoms with van der Waals surface area (Å²) in [6, 6.07) is 68.4. The van der Waals surface area contributed by atoms with Gasteiger partial charge in [-0.25, -0.2) is 9.97 Å². The molecular weight excluding hydrogens is 679 g/mol. The van der Waals surface area contributed by atoms with Gasteiger partial charge in [0, 0.05) is 16.7 Å². The van der Waals surface area contributed by atoms with Crippen molar-refractivity contribution in [3.8, 4) is 84.5 Å². The lowest BCUT2D eigenvalue weighted by Crippen LogP contribution is -1.99. The van der Waals surface area contributed by atoms with Crippen molar-refractivity contribution in [2.45, 2.75) is 0 Å². The maximum absolute atomic E-state index is 9.93. The van der Waals surface area contributed by atoms with E-state index in [1.54, 1.807) is 0 Å². The van der Waals surface area contributed by atoms with E-state index in [2.05, 4.69) is 164 Å². The molecule has 0 unspecified atom stereocenters. The van der Waals surface area contributed by atoms with Gasteiger partial charge in [-0.2, -0.15) is 5.26 Å². The molecule has 3 nitrogen and oxygen atoms in total. The second-order valence-corrected chi connectivity index (χ2v) is 14.3. The van der Waals surface area contributed by atoms with E-state index < -0.39 is 0 Å². The van der Waals surface area contributed by atoms with Crippen LogP contribution < -0.4 is 0 Å². The van der Waals surface area contributed by atoms with Gasteiger partial charge in [0.1, 0.15) is 0 Å². The van der Waals surface area contributed by atoms with Gasteiger partial charge in [0.15, 0.2) is 5.82 Å². The lowest BCUT2D eigenvalue weighted by molar-refractivity contribution is 1.19. The number of benzene rings is 9. The van der Waals surface area contributed by atoms with E-state index in [1.807, 2.05) is 30.3 Å². The van der Waals surface area contributed by atoms with Crippen molar-refractivity contribution in [2.24, 2.45) is 0 Å². The predicted octanol–water partition coefficient (Wildman–Crippen LogP) is 13.8. The minimum atomic E-state index is 0.642. The molecule has 11 rings (SSSR count). The molecule has 9 aromatic carbocycles. The Kier molecular flexibility index (Phi) is 7.23. The van der Waals surface area contributed by atoms with Gasteiger partial charge in [-0.3, -0.25) is 0 Å². The smallest absolute Gasteiger partial charge is 0.161 e. The number of fused-ring (bicyclic) bond motifs is 5. The quantitative estimate of drug-likeness (QED) is 0.167. The molecule has 0 aliphatic heterocycles. The standard InChI is InChI=1S/C53H31N3/c54-32-33-14-13-19-36(30-33)37-26-27-44-38-20-7-8-21-39(38)45-28-29-46(50(37)51(44)45)49-40-22-9-11-24-42(40)52(43-25-12-10-23-41(43)49)53-55-47(34-15-3-1-4-16-34)31-48(56-53)35-17-5-2-6-18-35/h1-31H. The van der Waals surface area contributed by atoms with Crippen molar-refractivity contribution in [1.82, 2.24) is 9.97 Å². The van der Waals surface area contributed by atoms with E-state index in [4.69, 9.17) is 9.97 Å². The predicted molar refractivity (Wildman–Crippen MR) is 231 cm³/mol. The molecule has 1 aliphatic carbocycles. The van der Waals surface area contributed by atoms with Gasteiger partial charge in [0.25, 0.3) is 0 Å². The molecule has 0 spiro atoms. The lowest BCUT2D eigenvalue weighted by atomic mass is 9.83. The van der Waals surface area contributed by atoms with Gasteiger partial charge in [0.05, 0.1) is 23.0 Å². The van der Waals surface area contributed by atoms with Gasteiger partial charge in [-0.15, -0.1) is 0 Å². The Balaban J connectivity index is 1.26. The molecule has 10 aromatic rings. The van der Waals surface area contributed by atoms with Crippen molar-refractivity contribution in [3.05, 3.63) is 194 Å².